The van der Waals surface area contributed by atoms with Crippen LogP contribution in [0.15, 0.2) is 16.9 Å². The maximum atomic E-state index is 5.30. The smallest absolute Gasteiger partial charge is 0.238 e. The summed E-state index contributed by atoms with van der Waals surface area (Å²) in [6.45, 7) is 5.33. The number of rotatable bonds is 7. The van der Waals surface area contributed by atoms with Gasteiger partial charge in [0.1, 0.15) is 0 Å². The van der Waals surface area contributed by atoms with Crippen LogP contribution in [0.4, 0.5) is 0 Å². The van der Waals surface area contributed by atoms with Crippen molar-refractivity contribution in [1.82, 2.24) is 25.0 Å². The molecule has 2 heterocycles. The summed E-state index contributed by atoms with van der Waals surface area (Å²) in [6.07, 6.45) is 6.51. The molecule has 0 aliphatic carbocycles. The molecule has 2 aromatic heterocycles. The van der Waals surface area contributed by atoms with Crippen molar-refractivity contribution in [2.45, 2.75) is 39.2 Å². The summed E-state index contributed by atoms with van der Waals surface area (Å²) in [7, 11) is 1.91. The van der Waals surface area contributed by atoms with Gasteiger partial charge in [-0.3, -0.25) is 0 Å². The Morgan fingerprint density at radius 1 is 1.42 bits per heavy atom. The van der Waals surface area contributed by atoms with Crippen molar-refractivity contribution in [3.63, 3.8) is 0 Å². The number of nitrogens with one attached hydrogen (secondary N) is 1. The molecule has 1 atom stereocenters. The second-order valence-electron chi connectivity index (χ2n) is 4.64. The number of hydrogen-bond donors (Lipinski definition) is 1. The van der Waals surface area contributed by atoms with Crippen molar-refractivity contribution >= 4 is 0 Å². The van der Waals surface area contributed by atoms with E-state index in [1.165, 1.54) is 0 Å². The molecule has 19 heavy (non-hydrogen) atoms. The van der Waals surface area contributed by atoms with E-state index in [1.54, 1.807) is 6.20 Å². The lowest BCUT2D eigenvalue weighted by Crippen LogP contribution is -2.31. The molecule has 6 heteroatoms. The first-order chi connectivity index (χ1) is 9.24. The van der Waals surface area contributed by atoms with Crippen LogP contribution in [0.3, 0.4) is 0 Å². The minimum Gasteiger partial charge on any atom is -0.339 e. The van der Waals surface area contributed by atoms with E-state index < -0.39 is 0 Å². The first kappa shape index (κ1) is 13.7. The first-order valence-corrected chi connectivity index (χ1v) is 6.78. The Labute approximate surface area is 113 Å². The Hall–Kier alpha value is -1.69. The molecule has 0 saturated carbocycles. The quantitative estimate of drug-likeness (QED) is 0.824. The van der Waals surface area contributed by atoms with Gasteiger partial charge in [0.15, 0.2) is 5.82 Å². The summed E-state index contributed by atoms with van der Waals surface area (Å²) >= 11 is 0. The van der Waals surface area contributed by atoms with Gasteiger partial charge in [0.05, 0.1) is 0 Å². The molecule has 1 N–H and O–H groups in total. The molecule has 0 fully saturated rings. The van der Waals surface area contributed by atoms with Gasteiger partial charge in [-0.25, -0.2) is 4.98 Å². The second kappa shape index (κ2) is 6.47. The number of nitrogens with zero attached hydrogens (tertiary/aromatic N) is 4. The molecule has 0 aliphatic heterocycles. The number of imidazole rings is 1. The summed E-state index contributed by atoms with van der Waals surface area (Å²) in [5.74, 6) is 1.94. The molecule has 0 amide bonds. The summed E-state index contributed by atoms with van der Waals surface area (Å²) < 4.78 is 7.18. The van der Waals surface area contributed by atoms with Crippen molar-refractivity contribution < 1.29 is 4.52 Å². The maximum Gasteiger partial charge on any atom is 0.238 e. The Balaban J connectivity index is 2.03. The van der Waals surface area contributed by atoms with Crippen LogP contribution in [-0.4, -0.2) is 32.3 Å². The van der Waals surface area contributed by atoms with Gasteiger partial charge in [-0.05, 0) is 19.4 Å². The number of hydrogen-bond acceptors (Lipinski definition) is 5. The van der Waals surface area contributed by atoms with Crippen LogP contribution in [0, 0.1) is 0 Å². The van der Waals surface area contributed by atoms with Gasteiger partial charge in [0.2, 0.25) is 11.7 Å². The molecular weight excluding hydrogens is 242 g/mol. The lowest BCUT2D eigenvalue weighted by atomic mass is 10.1. The molecule has 0 aromatic carbocycles. The molecule has 0 radical (unpaired) electrons. The molecule has 0 aliphatic rings. The largest absolute Gasteiger partial charge is 0.339 e. The van der Waals surface area contributed by atoms with Crippen molar-refractivity contribution in [2.24, 2.45) is 7.05 Å². The van der Waals surface area contributed by atoms with E-state index in [9.17, 15) is 0 Å². The van der Waals surface area contributed by atoms with E-state index in [4.69, 9.17) is 4.52 Å². The zero-order chi connectivity index (χ0) is 13.7. The maximum absolute atomic E-state index is 5.30. The lowest BCUT2D eigenvalue weighted by Gasteiger charge is -2.13. The van der Waals surface area contributed by atoms with E-state index in [0.29, 0.717) is 17.8 Å². The fraction of sp³-hybridized carbons (Fsp3) is 0.615. The molecule has 6 nitrogen and oxygen atoms in total. The number of aromatic nitrogens is 4. The lowest BCUT2D eigenvalue weighted by molar-refractivity contribution is 0.354. The molecule has 104 valence electrons. The minimum atomic E-state index is 0.384. The van der Waals surface area contributed by atoms with Crippen LogP contribution in [-0.2, 0) is 13.5 Å². The third-order valence-corrected chi connectivity index (χ3v) is 3.09. The first-order valence-electron chi connectivity index (χ1n) is 6.78. The van der Waals surface area contributed by atoms with Crippen LogP contribution in [0.2, 0.25) is 0 Å². The van der Waals surface area contributed by atoms with Gasteiger partial charge in [-0.15, -0.1) is 0 Å². The molecule has 0 bridgehead atoms. The van der Waals surface area contributed by atoms with Crippen molar-refractivity contribution in [3.8, 4) is 11.6 Å². The average molecular weight is 263 g/mol. The Bertz CT molecular complexity index is 505. The molecule has 2 aromatic rings. The van der Waals surface area contributed by atoms with Gasteiger partial charge in [-0.1, -0.05) is 19.0 Å². The van der Waals surface area contributed by atoms with E-state index in [-0.39, 0.29) is 0 Å². The van der Waals surface area contributed by atoms with Crippen molar-refractivity contribution in [1.29, 1.82) is 0 Å². The molecular formula is C13H21N5O. The third-order valence-electron chi connectivity index (χ3n) is 3.09. The fourth-order valence-corrected chi connectivity index (χ4v) is 1.93. The predicted molar refractivity (Wildman–Crippen MR) is 72.6 cm³/mol. The van der Waals surface area contributed by atoms with Crippen LogP contribution < -0.4 is 5.32 Å². The highest BCUT2D eigenvalue weighted by Crippen LogP contribution is 2.13. The van der Waals surface area contributed by atoms with Crippen molar-refractivity contribution in [3.05, 3.63) is 18.3 Å². The zero-order valence-electron chi connectivity index (χ0n) is 11.8. The molecule has 2 rings (SSSR count). The monoisotopic (exact) mass is 263 g/mol. The highest BCUT2D eigenvalue weighted by Gasteiger charge is 2.15. The van der Waals surface area contributed by atoms with E-state index in [0.717, 1.165) is 31.6 Å². The van der Waals surface area contributed by atoms with Crippen LogP contribution >= 0.6 is 0 Å². The fourth-order valence-electron chi connectivity index (χ4n) is 1.93. The predicted octanol–water partition coefficient (Wildman–Crippen LogP) is 1.79. The zero-order valence-corrected chi connectivity index (χ0v) is 11.8. The molecule has 0 spiro atoms. The highest BCUT2D eigenvalue weighted by atomic mass is 16.5. The molecule has 0 saturated heterocycles. The normalized spacial score (nSPS) is 12.8. The minimum absolute atomic E-state index is 0.384. The van der Waals surface area contributed by atoms with Crippen LogP contribution in [0.25, 0.3) is 11.6 Å². The van der Waals surface area contributed by atoms with Crippen LogP contribution in [0.1, 0.15) is 32.6 Å². The van der Waals surface area contributed by atoms with Gasteiger partial charge in [0.25, 0.3) is 0 Å². The average Bonchev–Trinajstić information content (AvgIpc) is 3.03. The Kier molecular flexibility index (Phi) is 4.68. The Morgan fingerprint density at radius 3 is 2.89 bits per heavy atom. The highest BCUT2D eigenvalue weighted by molar-refractivity contribution is 5.42. The van der Waals surface area contributed by atoms with Gasteiger partial charge in [0, 0.05) is 31.9 Å². The van der Waals surface area contributed by atoms with Gasteiger partial charge >= 0.3 is 0 Å². The molecule has 1 unspecified atom stereocenters. The van der Waals surface area contributed by atoms with E-state index >= 15 is 0 Å². The summed E-state index contributed by atoms with van der Waals surface area (Å²) in [5, 5.41) is 7.46. The van der Waals surface area contributed by atoms with Crippen LogP contribution in [0.5, 0.6) is 0 Å². The SMILES string of the molecule is CCCNC(CC)Cc1nc(-c2nccn2C)no1. The summed E-state index contributed by atoms with van der Waals surface area (Å²) in [4.78, 5) is 8.62. The van der Waals surface area contributed by atoms with Crippen molar-refractivity contribution in [2.75, 3.05) is 6.54 Å². The number of aryl methyl sites for hydroxylation is 1. The van der Waals surface area contributed by atoms with E-state index in [2.05, 4.69) is 34.3 Å². The third kappa shape index (κ3) is 3.41. The summed E-state index contributed by atoms with van der Waals surface area (Å²) in [5.41, 5.74) is 0. The summed E-state index contributed by atoms with van der Waals surface area (Å²) in [6, 6.07) is 0.384. The van der Waals surface area contributed by atoms with Gasteiger partial charge in [-0.2, -0.15) is 4.98 Å². The second-order valence-corrected chi connectivity index (χ2v) is 4.64. The van der Waals surface area contributed by atoms with Gasteiger partial charge < -0.3 is 14.4 Å². The topological polar surface area (TPSA) is 68.8 Å². The Morgan fingerprint density at radius 2 is 2.26 bits per heavy atom. The standard InChI is InChI=1S/C13H21N5O/c1-4-6-14-10(5-2)9-11-16-12(17-19-11)13-15-7-8-18(13)3/h7-8,10,14H,4-6,9H2,1-3H3. The van der Waals surface area contributed by atoms with E-state index in [1.807, 2.05) is 17.8 Å².